The van der Waals surface area contributed by atoms with Crippen molar-refractivity contribution in [2.45, 2.75) is 19.3 Å². The maximum Gasteiger partial charge on any atom is 0.190 e. The molecule has 3 N–H and O–H groups in total. The third-order valence-electron chi connectivity index (χ3n) is 4.19. The second kappa shape index (κ2) is 11.1. The van der Waals surface area contributed by atoms with Crippen LogP contribution in [-0.2, 0) is 12.8 Å². The van der Waals surface area contributed by atoms with Crippen LogP contribution in [0.25, 0.3) is 11.0 Å². The summed E-state index contributed by atoms with van der Waals surface area (Å²) in [4.78, 5) is 12.2. The monoisotopic (exact) mass is 497 g/mol. The SMILES string of the molecule is CN=C(NCCCc1nc2ccccc2[nH]1)NCCc1ccccc1Cl.I. The van der Waals surface area contributed by atoms with Crippen molar-refractivity contribution in [1.82, 2.24) is 20.6 Å². The minimum atomic E-state index is 0. The van der Waals surface area contributed by atoms with Gasteiger partial charge in [-0.1, -0.05) is 41.9 Å². The van der Waals surface area contributed by atoms with Crippen LogP contribution in [0.15, 0.2) is 53.5 Å². The normalized spacial score (nSPS) is 11.3. The highest BCUT2D eigenvalue weighted by Gasteiger charge is 2.03. The van der Waals surface area contributed by atoms with E-state index in [1.165, 1.54) is 0 Å². The largest absolute Gasteiger partial charge is 0.356 e. The molecule has 3 aromatic rings. The lowest BCUT2D eigenvalue weighted by molar-refractivity contribution is 0.724. The third kappa shape index (κ3) is 6.39. The molecule has 0 saturated heterocycles. The van der Waals surface area contributed by atoms with Gasteiger partial charge in [0.2, 0.25) is 0 Å². The third-order valence-corrected chi connectivity index (χ3v) is 4.56. The van der Waals surface area contributed by atoms with E-state index in [0.717, 1.165) is 65.8 Å². The van der Waals surface area contributed by atoms with Crippen LogP contribution in [0.3, 0.4) is 0 Å². The molecule has 3 rings (SSSR count). The van der Waals surface area contributed by atoms with Gasteiger partial charge in [-0.15, -0.1) is 24.0 Å². The van der Waals surface area contributed by atoms with Crippen molar-refractivity contribution in [3.63, 3.8) is 0 Å². The second-order valence-corrected chi connectivity index (χ2v) is 6.48. The molecule has 0 fully saturated rings. The van der Waals surface area contributed by atoms with E-state index in [2.05, 4.69) is 31.7 Å². The van der Waals surface area contributed by atoms with Crippen molar-refractivity contribution in [2.24, 2.45) is 4.99 Å². The van der Waals surface area contributed by atoms with Gasteiger partial charge in [0.05, 0.1) is 11.0 Å². The molecule has 0 spiro atoms. The molecule has 0 bridgehead atoms. The van der Waals surface area contributed by atoms with Gasteiger partial charge in [0, 0.05) is 31.6 Å². The highest BCUT2D eigenvalue weighted by Crippen LogP contribution is 2.14. The van der Waals surface area contributed by atoms with E-state index in [0.29, 0.717) is 0 Å². The molecule has 0 saturated carbocycles. The van der Waals surface area contributed by atoms with E-state index in [1.54, 1.807) is 7.05 Å². The summed E-state index contributed by atoms with van der Waals surface area (Å²) in [5.74, 6) is 1.83. The Morgan fingerprint density at radius 3 is 2.56 bits per heavy atom. The number of nitrogens with one attached hydrogen (secondary N) is 3. The summed E-state index contributed by atoms with van der Waals surface area (Å²) in [6.07, 6.45) is 2.74. The van der Waals surface area contributed by atoms with Crippen molar-refractivity contribution in [3.8, 4) is 0 Å². The summed E-state index contributed by atoms with van der Waals surface area (Å²) in [5.41, 5.74) is 3.25. The lowest BCUT2D eigenvalue weighted by atomic mass is 10.1. The molecule has 27 heavy (non-hydrogen) atoms. The first-order valence-corrected chi connectivity index (χ1v) is 9.25. The van der Waals surface area contributed by atoms with Crippen LogP contribution < -0.4 is 10.6 Å². The fourth-order valence-electron chi connectivity index (χ4n) is 2.82. The zero-order valence-electron chi connectivity index (χ0n) is 15.3. The Morgan fingerprint density at radius 2 is 1.78 bits per heavy atom. The maximum absolute atomic E-state index is 6.18. The number of halogens is 2. The van der Waals surface area contributed by atoms with E-state index in [1.807, 2.05) is 42.5 Å². The number of rotatable bonds is 7. The van der Waals surface area contributed by atoms with E-state index in [9.17, 15) is 0 Å². The molecule has 1 aromatic heterocycles. The number of hydrogen-bond acceptors (Lipinski definition) is 2. The zero-order valence-corrected chi connectivity index (χ0v) is 18.4. The number of benzene rings is 2. The van der Waals surface area contributed by atoms with Crippen LogP contribution >= 0.6 is 35.6 Å². The Kier molecular flexibility index (Phi) is 8.87. The Balaban J connectivity index is 0.00000261. The quantitative estimate of drug-likeness (QED) is 0.199. The fraction of sp³-hybridized carbons (Fsp3) is 0.300. The van der Waals surface area contributed by atoms with Crippen molar-refractivity contribution >= 4 is 52.6 Å². The number of fused-ring (bicyclic) bond motifs is 1. The Labute approximate surface area is 182 Å². The molecular weight excluding hydrogens is 473 g/mol. The molecule has 5 nitrogen and oxygen atoms in total. The number of para-hydroxylation sites is 2. The van der Waals surface area contributed by atoms with Crippen molar-refractivity contribution < 1.29 is 0 Å². The number of aromatic nitrogens is 2. The molecule has 0 unspecified atom stereocenters. The lowest BCUT2D eigenvalue weighted by Gasteiger charge is -2.12. The van der Waals surface area contributed by atoms with Gasteiger partial charge in [0.15, 0.2) is 5.96 Å². The average Bonchev–Trinajstić information content (AvgIpc) is 3.08. The molecule has 144 valence electrons. The van der Waals surface area contributed by atoms with Crippen LogP contribution in [0.1, 0.15) is 17.8 Å². The van der Waals surface area contributed by atoms with Gasteiger partial charge in [-0.3, -0.25) is 4.99 Å². The maximum atomic E-state index is 6.18. The van der Waals surface area contributed by atoms with Crippen LogP contribution in [0, 0.1) is 0 Å². The number of H-pyrrole nitrogens is 1. The molecule has 0 atom stereocenters. The van der Waals surface area contributed by atoms with Crippen LogP contribution in [0.5, 0.6) is 0 Å². The molecule has 0 aliphatic carbocycles. The topological polar surface area (TPSA) is 65.1 Å². The Morgan fingerprint density at radius 1 is 1.04 bits per heavy atom. The van der Waals surface area contributed by atoms with Crippen LogP contribution in [-0.4, -0.2) is 36.1 Å². The summed E-state index contributed by atoms with van der Waals surface area (Å²) in [6, 6.07) is 16.0. The minimum Gasteiger partial charge on any atom is -0.356 e. The van der Waals surface area contributed by atoms with E-state index < -0.39 is 0 Å². The number of aliphatic imine (C=N–C) groups is 1. The number of nitrogens with zero attached hydrogens (tertiary/aromatic N) is 2. The van der Waals surface area contributed by atoms with Crippen molar-refractivity contribution in [2.75, 3.05) is 20.1 Å². The number of guanidine groups is 1. The second-order valence-electron chi connectivity index (χ2n) is 6.07. The number of aryl methyl sites for hydroxylation is 1. The first-order chi connectivity index (χ1) is 12.8. The molecule has 0 aliphatic rings. The van der Waals surface area contributed by atoms with E-state index in [4.69, 9.17) is 11.6 Å². The standard InChI is InChI=1S/C20H24ClN5.HI/c1-22-20(24-14-12-15-7-2-3-8-16(15)21)23-13-6-11-19-25-17-9-4-5-10-18(17)26-19;/h2-5,7-10H,6,11-14H2,1H3,(H,25,26)(H2,22,23,24);1H. The van der Waals surface area contributed by atoms with Crippen molar-refractivity contribution in [3.05, 3.63) is 64.9 Å². The summed E-state index contributed by atoms with van der Waals surface area (Å²) < 4.78 is 0. The minimum absolute atomic E-state index is 0. The average molecular weight is 498 g/mol. The highest BCUT2D eigenvalue weighted by molar-refractivity contribution is 14.0. The predicted molar refractivity (Wildman–Crippen MR) is 124 cm³/mol. The van der Waals surface area contributed by atoms with Crippen LogP contribution in [0.4, 0.5) is 0 Å². The van der Waals surface area contributed by atoms with Gasteiger partial charge < -0.3 is 15.6 Å². The van der Waals surface area contributed by atoms with Gasteiger partial charge in [-0.2, -0.15) is 0 Å². The summed E-state index contributed by atoms with van der Waals surface area (Å²) in [6.45, 7) is 1.62. The molecule has 2 aromatic carbocycles. The smallest absolute Gasteiger partial charge is 0.190 e. The summed E-state index contributed by atoms with van der Waals surface area (Å²) in [5, 5.41) is 7.47. The van der Waals surface area contributed by atoms with Gasteiger partial charge in [-0.25, -0.2) is 4.98 Å². The highest BCUT2D eigenvalue weighted by atomic mass is 127. The Bertz CT molecular complexity index is 844. The van der Waals surface area contributed by atoms with Gasteiger partial charge in [0.25, 0.3) is 0 Å². The summed E-state index contributed by atoms with van der Waals surface area (Å²) >= 11 is 6.18. The number of hydrogen-bond donors (Lipinski definition) is 3. The van der Waals surface area contributed by atoms with Gasteiger partial charge >= 0.3 is 0 Å². The van der Waals surface area contributed by atoms with Gasteiger partial charge in [-0.05, 0) is 36.6 Å². The Hall–Kier alpha value is -1.80. The number of imidazole rings is 1. The zero-order chi connectivity index (χ0) is 18.2. The van der Waals surface area contributed by atoms with E-state index >= 15 is 0 Å². The van der Waals surface area contributed by atoms with Gasteiger partial charge in [0.1, 0.15) is 5.82 Å². The molecule has 0 amide bonds. The first kappa shape index (κ1) is 21.5. The fourth-order valence-corrected chi connectivity index (χ4v) is 3.05. The molecule has 1 heterocycles. The molecule has 0 radical (unpaired) electrons. The predicted octanol–water partition coefficient (Wildman–Crippen LogP) is 4.17. The molecule has 7 heteroatoms. The first-order valence-electron chi connectivity index (χ1n) is 8.88. The van der Waals surface area contributed by atoms with E-state index in [-0.39, 0.29) is 24.0 Å². The molecule has 0 aliphatic heterocycles. The van der Waals surface area contributed by atoms with Crippen molar-refractivity contribution in [1.29, 1.82) is 0 Å². The lowest BCUT2D eigenvalue weighted by Crippen LogP contribution is -2.38. The summed E-state index contributed by atoms with van der Waals surface area (Å²) in [7, 11) is 1.78. The molecular formula is C20H25ClIN5. The van der Waals surface area contributed by atoms with Crippen LogP contribution in [0.2, 0.25) is 5.02 Å². The number of aromatic amines is 1.